The van der Waals surface area contributed by atoms with Crippen molar-refractivity contribution in [3.63, 3.8) is 0 Å². The Morgan fingerprint density at radius 2 is 2.00 bits per heavy atom. The summed E-state index contributed by atoms with van der Waals surface area (Å²) in [6.45, 7) is 1.04. The van der Waals surface area contributed by atoms with Crippen LogP contribution < -0.4 is 9.62 Å². The van der Waals surface area contributed by atoms with Crippen molar-refractivity contribution in [3.05, 3.63) is 46.8 Å². The molecular formula is C12H15N4O4S+. The number of nitro groups is 1. The van der Waals surface area contributed by atoms with Crippen LogP contribution in [0.15, 0.2) is 46.6 Å². The lowest BCUT2D eigenvalue weighted by Gasteiger charge is -2.08. The van der Waals surface area contributed by atoms with Gasteiger partial charge in [-0.05, 0) is 12.1 Å². The van der Waals surface area contributed by atoms with Crippen LogP contribution in [0.25, 0.3) is 0 Å². The highest BCUT2D eigenvalue weighted by Crippen LogP contribution is 2.15. The van der Waals surface area contributed by atoms with E-state index in [2.05, 4.69) is 9.71 Å². The first-order valence-corrected chi connectivity index (χ1v) is 7.77. The summed E-state index contributed by atoms with van der Waals surface area (Å²) in [4.78, 5) is 15.0. The fraction of sp³-hybridized carbons (Fsp3) is 0.250. The third-order valence-electron chi connectivity index (χ3n) is 2.91. The van der Waals surface area contributed by atoms with Gasteiger partial charge in [0.05, 0.1) is 22.6 Å². The van der Waals surface area contributed by atoms with Crippen molar-refractivity contribution in [2.45, 2.75) is 11.3 Å². The lowest BCUT2D eigenvalue weighted by atomic mass is 10.3. The fourth-order valence-electron chi connectivity index (χ4n) is 1.80. The molecule has 0 radical (unpaired) electrons. The quantitative estimate of drug-likeness (QED) is 0.408. The minimum Gasteiger partial charge on any atom is -0.265 e. The Morgan fingerprint density at radius 1 is 1.29 bits per heavy atom. The fourth-order valence-corrected chi connectivity index (χ4v) is 2.87. The van der Waals surface area contributed by atoms with Crippen LogP contribution in [-0.4, -0.2) is 32.8 Å². The Hall–Kier alpha value is -2.10. The van der Waals surface area contributed by atoms with Gasteiger partial charge >= 0.3 is 0 Å². The topological polar surface area (TPSA) is 106 Å². The van der Waals surface area contributed by atoms with Crippen LogP contribution in [0.1, 0.15) is 6.42 Å². The zero-order valence-corrected chi connectivity index (χ0v) is 11.9. The van der Waals surface area contributed by atoms with Gasteiger partial charge in [0.25, 0.3) is 5.69 Å². The second-order valence-electron chi connectivity index (χ2n) is 4.42. The molecule has 2 N–H and O–H groups in total. The molecule has 0 saturated carbocycles. The molecule has 1 atom stereocenters. The standard InChI is InChI=1S/C12H14N4O4S/c17-16(18)11-2-4-12(5-3-11)21(19,20)14-6-1-8-15-9-7-13-10-15/h2-5,7,9-10,14H,1,6,8H2/p+1. The van der Waals surface area contributed by atoms with Crippen molar-refractivity contribution in [1.82, 2.24) is 4.72 Å². The number of quaternary nitrogens is 1. The molecule has 1 unspecified atom stereocenters. The predicted octanol–water partition coefficient (Wildman–Crippen LogP) is -0.339. The van der Waals surface area contributed by atoms with Gasteiger partial charge in [0.15, 0.2) is 6.34 Å². The number of hydrogen-bond donors (Lipinski definition) is 2. The Labute approximate surface area is 122 Å². The van der Waals surface area contributed by atoms with E-state index in [1.807, 2.05) is 6.20 Å². The molecule has 1 aliphatic rings. The molecule has 0 amide bonds. The Balaban J connectivity index is 1.87. The zero-order chi connectivity index (χ0) is 15.3. The van der Waals surface area contributed by atoms with E-state index in [4.69, 9.17) is 0 Å². The second-order valence-corrected chi connectivity index (χ2v) is 6.19. The van der Waals surface area contributed by atoms with Crippen LogP contribution in [0.4, 0.5) is 5.69 Å². The molecule has 2 rings (SSSR count). The molecule has 1 aromatic carbocycles. The average molecular weight is 311 g/mol. The molecule has 1 heterocycles. The van der Waals surface area contributed by atoms with Gasteiger partial charge in [-0.15, -0.1) is 0 Å². The number of sulfonamides is 1. The van der Waals surface area contributed by atoms with E-state index < -0.39 is 14.9 Å². The van der Waals surface area contributed by atoms with E-state index in [9.17, 15) is 18.5 Å². The van der Waals surface area contributed by atoms with Crippen LogP contribution in [-0.2, 0) is 10.0 Å². The van der Waals surface area contributed by atoms with Gasteiger partial charge in [-0.25, -0.2) is 18.1 Å². The molecule has 0 bridgehead atoms. The van der Waals surface area contributed by atoms with Gasteiger partial charge in [0.2, 0.25) is 10.0 Å². The molecule has 9 heteroatoms. The zero-order valence-electron chi connectivity index (χ0n) is 11.1. The van der Waals surface area contributed by atoms with Crippen molar-refractivity contribution >= 4 is 22.0 Å². The van der Waals surface area contributed by atoms with Crippen molar-refractivity contribution in [2.75, 3.05) is 13.1 Å². The highest BCUT2D eigenvalue weighted by atomic mass is 32.2. The van der Waals surface area contributed by atoms with Crippen LogP contribution in [0.5, 0.6) is 0 Å². The number of hydrogen-bond acceptors (Lipinski definition) is 5. The molecule has 0 aromatic heterocycles. The lowest BCUT2D eigenvalue weighted by Crippen LogP contribution is -3.05. The minimum atomic E-state index is -3.63. The van der Waals surface area contributed by atoms with E-state index in [1.54, 1.807) is 12.5 Å². The molecule has 112 valence electrons. The van der Waals surface area contributed by atoms with E-state index in [-0.39, 0.29) is 10.6 Å². The SMILES string of the molecule is O=[N+]([O-])c1ccc(S(=O)(=O)NCCC[NH+]2C=CN=C2)cc1. The summed E-state index contributed by atoms with van der Waals surface area (Å²) in [6.07, 6.45) is 5.96. The number of nitrogens with zero attached hydrogens (tertiary/aromatic N) is 2. The molecule has 0 fully saturated rings. The van der Waals surface area contributed by atoms with Crippen LogP contribution in [0.3, 0.4) is 0 Å². The van der Waals surface area contributed by atoms with E-state index in [0.717, 1.165) is 11.4 Å². The summed E-state index contributed by atoms with van der Waals surface area (Å²) in [5, 5.41) is 10.5. The minimum absolute atomic E-state index is 0.0167. The van der Waals surface area contributed by atoms with Gasteiger partial charge in [-0.1, -0.05) is 0 Å². The number of nitro benzene ring substituents is 1. The number of nitrogens with one attached hydrogen (secondary N) is 2. The maximum atomic E-state index is 12.0. The van der Waals surface area contributed by atoms with Gasteiger partial charge in [-0.3, -0.25) is 15.0 Å². The summed E-state index contributed by atoms with van der Waals surface area (Å²) in [7, 11) is -3.63. The van der Waals surface area contributed by atoms with Crippen molar-refractivity contribution in [1.29, 1.82) is 0 Å². The van der Waals surface area contributed by atoms with Crippen LogP contribution in [0.2, 0.25) is 0 Å². The Bertz CT molecular complexity index is 655. The molecule has 1 aromatic rings. The highest BCUT2D eigenvalue weighted by molar-refractivity contribution is 7.89. The van der Waals surface area contributed by atoms with Gasteiger partial charge in [0.1, 0.15) is 6.20 Å². The number of benzene rings is 1. The smallest absolute Gasteiger partial charge is 0.265 e. The summed E-state index contributed by atoms with van der Waals surface area (Å²) in [5.41, 5.74) is -0.141. The largest absolute Gasteiger partial charge is 0.269 e. The maximum Gasteiger partial charge on any atom is 0.269 e. The molecule has 8 nitrogen and oxygen atoms in total. The van der Waals surface area contributed by atoms with Crippen LogP contribution >= 0.6 is 0 Å². The van der Waals surface area contributed by atoms with Crippen molar-refractivity contribution < 1.29 is 18.2 Å². The molecule has 0 saturated heterocycles. The van der Waals surface area contributed by atoms with Gasteiger partial charge in [0, 0.05) is 25.1 Å². The monoisotopic (exact) mass is 311 g/mol. The first kappa shape index (κ1) is 15.3. The number of non-ortho nitro benzene ring substituents is 1. The normalized spacial score (nSPS) is 17.2. The average Bonchev–Trinajstić information content (AvgIpc) is 2.97. The van der Waals surface area contributed by atoms with Gasteiger partial charge < -0.3 is 0 Å². The molecular weight excluding hydrogens is 296 g/mol. The Morgan fingerprint density at radius 3 is 2.57 bits per heavy atom. The first-order chi connectivity index (χ1) is 9.99. The third-order valence-corrected chi connectivity index (χ3v) is 4.38. The van der Waals surface area contributed by atoms with E-state index >= 15 is 0 Å². The third kappa shape index (κ3) is 4.18. The lowest BCUT2D eigenvalue weighted by molar-refractivity contribution is -0.736. The van der Waals surface area contributed by atoms with E-state index in [0.29, 0.717) is 13.0 Å². The molecule has 0 spiro atoms. The summed E-state index contributed by atoms with van der Waals surface area (Å²) in [5.74, 6) is 0. The molecule has 0 aliphatic carbocycles. The van der Waals surface area contributed by atoms with E-state index in [1.165, 1.54) is 24.3 Å². The highest BCUT2D eigenvalue weighted by Gasteiger charge is 2.15. The second kappa shape index (κ2) is 6.57. The first-order valence-electron chi connectivity index (χ1n) is 6.29. The summed E-state index contributed by atoms with van der Waals surface area (Å²) >= 11 is 0. The van der Waals surface area contributed by atoms with Crippen LogP contribution in [0, 0.1) is 10.1 Å². The van der Waals surface area contributed by atoms with Crippen molar-refractivity contribution in [3.8, 4) is 0 Å². The molecule has 21 heavy (non-hydrogen) atoms. The maximum absolute atomic E-state index is 12.0. The number of aliphatic imine (C=N–C) groups is 1. The van der Waals surface area contributed by atoms with Gasteiger partial charge in [-0.2, -0.15) is 0 Å². The summed E-state index contributed by atoms with van der Waals surface area (Å²) < 4.78 is 26.4. The summed E-state index contributed by atoms with van der Waals surface area (Å²) in [6, 6.07) is 4.79. The predicted molar refractivity (Wildman–Crippen MR) is 76.4 cm³/mol. The number of rotatable bonds is 7. The van der Waals surface area contributed by atoms with Crippen molar-refractivity contribution in [2.24, 2.45) is 4.99 Å². The molecule has 1 aliphatic heterocycles. The Kier molecular flexibility index (Phi) is 4.78.